The molecule has 5 nitrogen and oxygen atoms in total. The Labute approximate surface area is 76.5 Å². The highest BCUT2D eigenvalue weighted by Gasteiger charge is 2.15. The van der Waals surface area contributed by atoms with Crippen molar-refractivity contribution >= 4 is 11.9 Å². The standard InChI is InChI=1S/C8H13NO4/c1-3-13-8(11)6(9)4-5-7(10)12-2/h3,6H,1,4-5,9H2,2H3/t6-/m0/s1. The first-order chi connectivity index (χ1) is 6.11. The molecule has 0 aromatic heterocycles. The molecular weight excluding hydrogens is 174 g/mol. The Morgan fingerprint density at radius 2 is 2.23 bits per heavy atom. The van der Waals surface area contributed by atoms with Crippen molar-refractivity contribution in [2.45, 2.75) is 18.9 Å². The molecule has 0 saturated heterocycles. The van der Waals surface area contributed by atoms with Crippen molar-refractivity contribution < 1.29 is 19.1 Å². The Morgan fingerprint density at radius 1 is 1.62 bits per heavy atom. The molecule has 0 aliphatic carbocycles. The molecule has 0 amide bonds. The normalized spacial score (nSPS) is 11.5. The van der Waals surface area contributed by atoms with E-state index in [2.05, 4.69) is 16.1 Å². The van der Waals surface area contributed by atoms with E-state index in [4.69, 9.17) is 5.73 Å². The fourth-order valence-corrected chi connectivity index (χ4v) is 0.663. The molecule has 0 fully saturated rings. The Hall–Kier alpha value is -1.36. The number of hydrogen-bond acceptors (Lipinski definition) is 5. The van der Waals surface area contributed by atoms with Gasteiger partial charge in [-0.1, -0.05) is 6.58 Å². The predicted molar refractivity (Wildman–Crippen MR) is 45.5 cm³/mol. The van der Waals surface area contributed by atoms with Crippen LogP contribution in [0.25, 0.3) is 0 Å². The molecule has 5 heteroatoms. The highest BCUT2D eigenvalue weighted by Crippen LogP contribution is 1.98. The van der Waals surface area contributed by atoms with Crippen molar-refractivity contribution in [3.8, 4) is 0 Å². The maximum Gasteiger partial charge on any atom is 0.327 e. The molecule has 2 N–H and O–H groups in total. The summed E-state index contributed by atoms with van der Waals surface area (Å²) in [4.78, 5) is 21.5. The van der Waals surface area contributed by atoms with Gasteiger partial charge in [-0.2, -0.15) is 0 Å². The number of rotatable bonds is 5. The molecule has 0 bridgehead atoms. The molecule has 74 valence electrons. The fourth-order valence-electron chi connectivity index (χ4n) is 0.663. The second-order valence-electron chi connectivity index (χ2n) is 2.32. The van der Waals surface area contributed by atoms with Gasteiger partial charge in [-0.15, -0.1) is 0 Å². The lowest BCUT2D eigenvalue weighted by Crippen LogP contribution is -2.31. The first-order valence-corrected chi connectivity index (χ1v) is 3.75. The molecule has 0 saturated carbocycles. The molecule has 0 radical (unpaired) electrons. The average molecular weight is 187 g/mol. The van der Waals surface area contributed by atoms with E-state index in [0.29, 0.717) is 0 Å². The molecule has 0 spiro atoms. The first kappa shape index (κ1) is 11.6. The summed E-state index contributed by atoms with van der Waals surface area (Å²) in [5.74, 6) is -0.999. The summed E-state index contributed by atoms with van der Waals surface area (Å²) in [6.07, 6.45) is 1.31. The SMILES string of the molecule is C=COC(=O)[C@@H](N)CCC(=O)OC. The third kappa shape index (κ3) is 4.97. The predicted octanol–water partition coefficient (Wildman–Crippen LogP) is -0.0464. The van der Waals surface area contributed by atoms with E-state index in [-0.39, 0.29) is 12.8 Å². The molecule has 0 aliphatic rings. The second-order valence-corrected chi connectivity index (χ2v) is 2.32. The third-order valence-corrected chi connectivity index (χ3v) is 1.39. The zero-order valence-corrected chi connectivity index (χ0v) is 7.49. The van der Waals surface area contributed by atoms with E-state index >= 15 is 0 Å². The van der Waals surface area contributed by atoms with Crippen molar-refractivity contribution in [1.82, 2.24) is 0 Å². The number of nitrogens with two attached hydrogens (primary N) is 1. The van der Waals surface area contributed by atoms with Crippen LogP contribution in [0.15, 0.2) is 12.8 Å². The van der Waals surface area contributed by atoms with Crippen LogP contribution in [-0.2, 0) is 19.1 Å². The Balaban J connectivity index is 3.73. The number of methoxy groups -OCH3 is 1. The minimum absolute atomic E-state index is 0.101. The third-order valence-electron chi connectivity index (χ3n) is 1.39. The van der Waals surface area contributed by atoms with Gasteiger partial charge in [0.1, 0.15) is 6.04 Å². The van der Waals surface area contributed by atoms with Crippen molar-refractivity contribution in [2.75, 3.05) is 7.11 Å². The summed E-state index contributed by atoms with van der Waals surface area (Å²) >= 11 is 0. The van der Waals surface area contributed by atoms with Gasteiger partial charge in [0.15, 0.2) is 0 Å². The number of esters is 2. The number of hydrogen-bond donors (Lipinski definition) is 1. The van der Waals surface area contributed by atoms with Crippen molar-refractivity contribution in [3.63, 3.8) is 0 Å². The number of carbonyl (C=O) groups is 2. The largest absolute Gasteiger partial charge is 0.469 e. The summed E-state index contributed by atoms with van der Waals surface area (Å²) in [5.41, 5.74) is 5.38. The molecule has 0 heterocycles. The van der Waals surface area contributed by atoms with Gasteiger partial charge in [0.25, 0.3) is 0 Å². The molecule has 0 aliphatic heterocycles. The van der Waals surface area contributed by atoms with Gasteiger partial charge < -0.3 is 15.2 Å². The highest BCUT2D eigenvalue weighted by molar-refractivity contribution is 5.77. The molecule has 0 aromatic rings. The van der Waals surface area contributed by atoms with Gasteiger partial charge in [-0.05, 0) is 6.42 Å². The summed E-state index contributed by atoms with van der Waals surface area (Å²) in [5, 5.41) is 0. The smallest absolute Gasteiger partial charge is 0.327 e. The van der Waals surface area contributed by atoms with Crippen LogP contribution in [0.2, 0.25) is 0 Å². The summed E-state index contributed by atoms with van der Waals surface area (Å²) in [6.45, 7) is 3.20. The van der Waals surface area contributed by atoms with Crippen LogP contribution in [0, 0.1) is 0 Å². The van der Waals surface area contributed by atoms with Crippen LogP contribution in [0.5, 0.6) is 0 Å². The maximum atomic E-state index is 10.9. The average Bonchev–Trinajstić information content (AvgIpc) is 2.13. The van der Waals surface area contributed by atoms with Gasteiger partial charge in [0.05, 0.1) is 13.4 Å². The van der Waals surface area contributed by atoms with Gasteiger partial charge in [-0.25, -0.2) is 4.79 Å². The zero-order chi connectivity index (χ0) is 10.3. The topological polar surface area (TPSA) is 78.6 Å². The van der Waals surface area contributed by atoms with E-state index in [9.17, 15) is 9.59 Å². The van der Waals surface area contributed by atoms with E-state index in [0.717, 1.165) is 6.26 Å². The second kappa shape index (κ2) is 6.19. The Morgan fingerprint density at radius 3 is 2.69 bits per heavy atom. The van der Waals surface area contributed by atoms with Crippen LogP contribution in [0.3, 0.4) is 0 Å². The van der Waals surface area contributed by atoms with E-state index in [1.54, 1.807) is 0 Å². The maximum absolute atomic E-state index is 10.9. The zero-order valence-electron chi connectivity index (χ0n) is 7.49. The lowest BCUT2D eigenvalue weighted by Gasteiger charge is -2.07. The molecule has 13 heavy (non-hydrogen) atoms. The molecule has 0 aromatic carbocycles. The number of carbonyl (C=O) groups excluding carboxylic acids is 2. The summed E-state index contributed by atoms with van der Waals surface area (Å²) in [6, 6.07) is -0.808. The first-order valence-electron chi connectivity index (χ1n) is 3.75. The van der Waals surface area contributed by atoms with Gasteiger partial charge in [0.2, 0.25) is 0 Å². The van der Waals surface area contributed by atoms with Gasteiger partial charge in [0, 0.05) is 6.42 Å². The van der Waals surface area contributed by atoms with Crippen molar-refractivity contribution in [3.05, 3.63) is 12.8 Å². The van der Waals surface area contributed by atoms with E-state index in [1.165, 1.54) is 7.11 Å². The van der Waals surface area contributed by atoms with Crippen LogP contribution in [-0.4, -0.2) is 25.1 Å². The van der Waals surface area contributed by atoms with Gasteiger partial charge in [-0.3, -0.25) is 4.79 Å². The fraction of sp³-hybridized carbons (Fsp3) is 0.500. The number of ether oxygens (including phenoxy) is 2. The lowest BCUT2D eigenvalue weighted by molar-refractivity contribution is -0.142. The van der Waals surface area contributed by atoms with Crippen LogP contribution >= 0.6 is 0 Å². The van der Waals surface area contributed by atoms with Crippen molar-refractivity contribution in [2.24, 2.45) is 5.73 Å². The Bertz CT molecular complexity index is 202. The van der Waals surface area contributed by atoms with Crippen LogP contribution in [0.4, 0.5) is 0 Å². The van der Waals surface area contributed by atoms with Crippen LogP contribution in [0.1, 0.15) is 12.8 Å². The summed E-state index contributed by atoms with van der Waals surface area (Å²) < 4.78 is 8.79. The Kier molecular flexibility index (Phi) is 5.54. The monoisotopic (exact) mass is 187 g/mol. The van der Waals surface area contributed by atoms with Crippen molar-refractivity contribution in [1.29, 1.82) is 0 Å². The lowest BCUT2D eigenvalue weighted by atomic mass is 10.2. The quantitative estimate of drug-likeness (QED) is 0.482. The molecule has 0 unspecified atom stereocenters. The van der Waals surface area contributed by atoms with Gasteiger partial charge >= 0.3 is 11.9 Å². The highest BCUT2D eigenvalue weighted by atomic mass is 16.5. The van der Waals surface area contributed by atoms with E-state index in [1.807, 2.05) is 0 Å². The molecular formula is C8H13NO4. The minimum Gasteiger partial charge on any atom is -0.469 e. The minimum atomic E-state index is -0.808. The van der Waals surface area contributed by atoms with E-state index < -0.39 is 18.0 Å². The molecule has 1 atom stereocenters. The van der Waals surface area contributed by atoms with Crippen LogP contribution < -0.4 is 5.73 Å². The summed E-state index contributed by atoms with van der Waals surface area (Å²) in [7, 11) is 1.27. The molecule has 0 rings (SSSR count).